The number of rotatable bonds is 5. The first-order valence-electron chi connectivity index (χ1n) is 4.88. The van der Waals surface area contributed by atoms with Gasteiger partial charge in [0.15, 0.2) is 5.75 Å². The molecule has 0 radical (unpaired) electrons. The molecule has 0 bridgehead atoms. The summed E-state index contributed by atoms with van der Waals surface area (Å²) in [4.78, 5) is 28.9. The number of hydrogen-bond acceptors (Lipinski definition) is 7. The van der Waals surface area contributed by atoms with Crippen LogP contribution < -0.4 is 0 Å². The third-order valence-corrected chi connectivity index (χ3v) is 3.68. The number of aromatic nitrogens is 2. The molecule has 0 unspecified atom stereocenters. The van der Waals surface area contributed by atoms with E-state index < -0.39 is 37.1 Å². The van der Waals surface area contributed by atoms with Gasteiger partial charge >= 0.3 is 5.97 Å². The van der Waals surface area contributed by atoms with E-state index in [2.05, 4.69) is 14.7 Å². The molecule has 0 aromatic carbocycles. The molecule has 1 heterocycles. The first kappa shape index (κ1) is 15.8. The SMILES string of the molecule is CCOC(=O)CS(=O)(=O)c1ncc(C(=O)Cl)c(Cl)n1. The maximum absolute atomic E-state index is 11.7. The van der Waals surface area contributed by atoms with E-state index in [1.165, 1.54) is 0 Å². The Morgan fingerprint density at radius 2 is 2.05 bits per heavy atom. The first-order chi connectivity index (χ1) is 8.77. The van der Waals surface area contributed by atoms with Gasteiger partial charge in [-0.2, -0.15) is 0 Å². The van der Waals surface area contributed by atoms with E-state index in [0.29, 0.717) is 0 Å². The number of hydrogen-bond donors (Lipinski definition) is 0. The molecule has 0 spiro atoms. The Bertz CT molecular complexity index is 617. The maximum atomic E-state index is 11.7. The average Bonchev–Trinajstić information content (AvgIpc) is 2.27. The van der Waals surface area contributed by atoms with Crippen molar-refractivity contribution in [1.82, 2.24) is 9.97 Å². The molecule has 0 saturated carbocycles. The van der Waals surface area contributed by atoms with Crippen LogP contribution in [-0.2, 0) is 19.4 Å². The van der Waals surface area contributed by atoms with Gasteiger partial charge < -0.3 is 4.74 Å². The fraction of sp³-hybridized carbons (Fsp3) is 0.333. The van der Waals surface area contributed by atoms with Crippen LogP contribution in [0.3, 0.4) is 0 Å². The molecule has 104 valence electrons. The summed E-state index contributed by atoms with van der Waals surface area (Å²) in [5, 5.41) is -2.00. The van der Waals surface area contributed by atoms with E-state index >= 15 is 0 Å². The predicted octanol–water partition coefficient (Wildman–Crippen LogP) is 0.846. The van der Waals surface area contributed by atoms with Crippen LogP contribution in [0.5, 0.6) is 0 Å². The lowest BCUT2D eigenvalue weighted by Crippen LogP contribution is -2.20. The summed E-state index contributed by atoms with van der Waals surface area (Å²) in [5.41, 5.74) is -0.224. The van der Waals surface area contributed by atoms with Crippen molar-refractivity contribution in [2.75, 3.05) is 12.4 Å². The second-order valence-electron chi connectivity index (χ2n) is 3.19. The number of ether oxygens (including phenoxy) is 1. The molecule has 0 saturated heterocycles. The van der Waals surface area contributed by atoms with Crippen molar-refractivity contribution in [3.63, 3.8) is 0 Å². The largest absolute Gasteiger partial charge is 0.465 e. The van der Waals surface area contributed by atoms with Crippen LogP contribution in [0.2, 0.25) is 5.15 Å². The van der Waals surface area contributed by atoms with E-state index in [9.17, 15) is 18.0 Å². The minimum Gasteiger partial charge on any atom is -0.465 e. The fourth-order valence-electron chi connectivity index (χ4n) is 1.05. The van der Waals surface area contributed by atoms with Crippen LogP contribution in [0, 0.1) is 0 Å². The molecular weight excluding hydrogens is 319 g/mol. The highest BCUT2D eigenvalue weighted by molar-refractivity contribution is 7.91. The molecule has 0 atom stereocenters. The highest BCUT2D eigenvalue weighted by Gasteiger charge is 2.25. The first-order valence-corrected chi connectivity index (χ1v) is 7.29. The van der Waals surface area contributed by atoms with Gasteiger partial charge in [-0.15, -0.1) is 0 Å². The lowest BCUT2D eigenvalue weighted by Gasteiger charge is -2.04. The second-order valence-corrected chi connectivity index (χ2v) is 5.78. The number of nitrogens with zero attached hydrogens (tertiary/aromatic N) is 2. The highest BCUT2D eigenvalue weighted by Crippen LogP contribution is 2.16. The van der Waals surface area contributed by atoms with Gasteiger partial charge in [0.05, 0.1) is 12.2 Å². The minimum absolute atomic E-state index is 0.0512. The Labute approximate surface area is 118 Å². The van der Waals surface area contributed by atoms with Gasteiger partial charge in [0.2, 0.25) is 15.0 Å². The molecule has 0 fully saturated rings. The molecule has 0 N–H and O–H groups in total. The summed E-state index contributed by atoms with van der Waals surface area (Å²) in [6.45, 7) is 1.59. The quantitative estimate of drug-likeness (QED) is 0.342. The van der Waals surface area contributed by atoms with Crippen molar-refractivity contribution in [3.05, 3.63) is 16.9 Å². The fourth-order valence-corrected chi connectivity index (χ4v) is 2.47. The molecule has 1 aromatic rings. The molecule has 19 heavy (non-hydrogen) atoms. The molecule has 1 aromatic heterocycles. The van der Waals surface area contributed by atoms with Crippen molar-refractivity contribution < 1.29 is 22.7 Å². The standard InChI is InChI=1S/C9H8Cl2N2O5S/c1-2-18-6(14)4-19(16,17)9-12-3-5(8(11)15)7(10)13-9/h3H,2,4H2,1H3. The number of esters is 1. The van der Waals surface area contributed by atoms with Gasteiger partial charge in [0, 0.05) is 6.20 Å². The topological polar surface area (TPSA) is 103 Å². The average molecular weight is 327 g/mol. The van der Waals surface area contributed by atoms with Gasteiger partial charge in [0.1, 0.15) is 5.15 Å². The molecule has 1 rings (SSSR count). The summed E-state index contributed by atoms with van der Waals surface area (Å²) in [6, 6.07) is 0. The lowest BCUT2D eigenvalue weighted by atomic mass is 10.4. The van der Waals surface area contributed by atoms with Crippen LogP contribution in [0.4, 0.5) is 0 Å². The van der Waals surface area contributed by atoms with Gasteiger partial charge in [-0.05, 0) is 18.5 Å². The molecule has 0 aliphatic heterocycles. The van der Waals surface area contributed by atoms with Gasteiger partial charge in [0.25, 0.3) is 5.24 Å². The predicted molar refractivity (Wildman–Crippen MR) is 65.9 cm³/mol. The van der Waals surface area contributed by atoms with Crippen molar-refractivity contribution in [1.29, 1.82) is 0 Å². The summed E-state index contributed by atoms with van der Waals surface area (Å²) < 4.78 is 28.0. The lowest BCUT2D eigenvalue weighted by molar-refractivity contribution is -0.139. The molecule has 10 heteroatoms. The number of halogens is 2. The van der Waals surface area contributed by atoms with Crippen molar-refractivity contribution in [3.8, 4) is 0 Å². The van der Waals surface area contributed by atoms with E-state index in [4.69, 9.17) is 23.2 Å². The monoisotopic (exact) mass is 326 g/mol. The van der Waals surface area contributed by atoms with E-state index in [-0.39, 0.29) is 12.2 Å². The highest BCUT2D eigenvalue weighted by atomic mass is 35.5. The minimum atomic E-state index is -4.08. The normalized spacial score (nSPS) is 11.1. The van der Waals surface area contributed by atoms with Crippen LogP contribution in [0.15, 0.2) is 11.4 Å². The molecule has 0 amide bonds. The van der Waals surface area contributed by atoms with Crippen LogP contribution in [0.1, 0.15) is 17.3 Å². The van der Waals surface area contributed by atoms with Gasteiger partial charge in [-0.3, -0.25) is 9.59 Å². The third-order valence-electron chi connectivity index (χ3n) is 1.82. The Morgan fingerprint density at radius 1 is 1.42 bits per heavy atom. The van der Waals surface area contributed by atoms with Crippen molar-refractivity contribution in [2.45, 2.75) is 12.1 Å². The smallest absolute Gasteiger partial charge is 0.321 e. The van der Waals surface area contributed by atoms with Gasteiger partial charge in [-0.1, -0.05) is 11.6 Å². The zero-order chi connectivity index (χ0) is 14.6. The van der Waals surface area contributed by atoms with E-state index in [0.717, 1.165) is 6.20 Å². The number of sulfone groups is 1. The Kier molecular flexibility index (Phi) is 5.21. The zero-order valence-electron chi connectivity index (χ0n) is 9.59. The van der Waals surface area contributed by atoms with Gasteiger partial charge in [-0.25, -0.2) is 18.4 Å². The van der Waals surface area contributed by atoms with Crippen LogP contribution in [-0.4, -0.2) is 42.0 Å². The summed E-state index contributed by atoms with van der Waals surface area (Å²) in [5.74, 6) is -1.84. The number of carbonyl (C=O) groups excluding carboxylic acids is 2. The van der Waals surface area contributed by atoms with Crippen LogP contribution in [0.25, 0.3) is 0 Å². The van der Waals surface area contributed by atoms with Crippen LogP contribution >= 0.6 is 23.2 Å². The maximum Gasteiger partial charge on any atom is 0.321 e. The molecule has 0 aliphatic rings. The van der Waals surface area contributed by atoms with E-state index in [1.54, 1.807) is 6.92 Å². The Morgan fingerprint density at radius 3 is 2.53 bits per heavy atom. The molecular formula is C9H8Cl2N2O5S. The second kappa shape index (κ2) is 6.27. The Balaban J connectivity index is 3.06. The zero-order valence-corrected chi connectivity index (χ0v) is 11.9. The summed E-state index contributed by atoms with van der Waals surface area (Å²) in [7, 11) is -4.08. The third kappa shape index (κ3) is 4.12. The molecule has 7 nitrogen and oxygen atoms in total. The number of carbonyl (C=O) groups is 2. The Hall–Kier alpha value is -1.25. The summed E-state index contributed by atoms with van der Waals surface area (Å²) in [6.07, 6.45) is 0.878. The molecule has 0 aliphatic carbocycles. The van der Waals surface area contributed by atoms with Crippen molar-refractivity contribution >= 4 is 44.3 Å². The van der Waals surface area contributed by atoms with Crippen molar-refractivity contribution in [2.24, 2.45) is 0 Å². The summed E-state index contributed by atoms with van der Waals surface area (Å²) >= 11 is 10.8. The van der Waals surface area contributed by atoms with E-state index in [1.807, 2.05) is 0 Å².